The molecule has 1 aromatic heterocycles. The van der Waals surface area contributed by atoms with E-state index in [4.69, 9.17) is 28.2 Å². The Labute approximate surface area is 187 Å². The smallest absolute Gasteiger partial charge is 0.261 e. The Bertz CT molecular complexity index is 1180. The first kappa shape index (κ1) is 20.2. The first-order chi connectivity index (χ1) is 14.0. The Balaban J connectivity index is 1.78. The Kier molecular flexibility index (Phi) is 6.11. The molecule has 0 saturated carbocycles. The fraction of sp³-hybridized carbons (Fsp3) is 0.0909. The Morgan fingerprint density at radius 3 is 2.59 bits per heavy atom. The van der Waals surface area contributed by atoms with Crippen molar-refractivity contribution >= 4 is 67.6 Å². The van der Waals surface area contributed by atoms with Crippen molar-refractivity contribution < 1.29 is 4.79 Å². The van der Waals surface area contributed by atoms with Gasteiger partial charge in [-0.3, -0.25) is 9.69 Å². The van der Waals surface area contributed by atoms with Crippen LogP contribution in [0.2, 0.25) is 10.0 Å². The normalized spacial score (nSPS) is 11.0. The van der Waals surface area contributed by atoms with Gasteiger partial charge in [0.15, 0.2) is 5.13 Å². The zero-order chi connectivity index (χ0) is 20.4. The van der Waals surface area contributed by atoms with Crippen molar-refractivity contribution in [1.29, 1.82) is 0 Å². The van der Waals surface area contributed by atoms with Gasteiger partial charge in [-0.2, -0.15) is 0 Å². The van der Waals surface area contributed by atoms with Crippen LogP contribution in [-0.2, 0) is 6.54 Å². The summed E-state index contributed by atoms with van der Waals surface area (Å²) in [4.78, 5) is 21.0. The topological polar surface area (TPSA) is 33.2 Å². The lowest BCUT2D eigenvalue weighted by Crippen LogP contribution is -2.30. The number of fused-ring (bicyclic) bond motifs is 1. The quantitative estimate of drug-likeness (QED) is 0.297. The molecule has 0 atom stereocenters. The van der Waals surface area contributed by atoms with Crippen LogP contribution in [0.3, 0.4) is 0 Å². The van der Waals surface area contributed by atoms with Crippen molar-refractivity contribution in [2.75, 3.05) is 11.2 Å². The first-order valence-electron chi connectivity index (χ1n) is 8.80. The van der Waals surface area contributed by atoms with E-state index in [0.717, 1.165) is 20.7 Å². The fourth-order valence-electron chi connectivity index (χ4n) is 2.94. The molecule has 1 heterocycles. The van der Waals surface area contributed by atoms with Gasteiger partial charge in [-0.25, -0.2) is 4.98 Å². The minimum atomic E-state index is -0.209. The number of thioether (sulfide) groups is 1. The van der Waals surface area contributed by atoms with Crippen molar-refractivity contribution in [3.8, 4) is 0 Å². The molecule has 0 aliphatic rings. The molecule has 7 heteroatoms. The van der Waals surface area contributed by atoms with Crippen molar-refractivity contribution in [2.45, 2.75) is 11.4 Å². The second-order valence-corrected chi connectivity index (χ2v) is 9.06. The Hall–Kier alpha value is -2.05. The van der Waals surface area contributed by atoms with Gasteiger partial charge in [0, 0.05) is 9.92 Å². The second-order valence-electron chi connectivity index (χ2n) is 6.33. The number of rotatable bonds is 5. The molecule has 0 aliphatic heterocycles. The molecule has 0 aliphatic carbocycles. The molecule has 1 amide bonds. The number of amides is 1. The molecule has 0 N–H and O–H groups in total. The summed E-state index contributed by atoms with van der Waals surface area (Å²) in [5, 5.41) is 1.45. The van der Waals surface area contributed by atoms with Crippen molar-refractivity contribution in [3.63, 3.8) is 0 Å². The van der Waals surface area contributed by atoms with Gasteiger partial charge < -0.3 is 0 Å². The summed E-state index contributed by atoms with van der Waals surface area (Å²) in [7, 11) is 0. The lowest BCUT2D eigenvalue weighted by Gasteiger charge is -2.20. The van der Waals surface area contributed by atoms with E-state index in [1.165, 1.54) is 11.3 Å². The van der Waals surface area contributed by atoms with Crippen LogP contribution in [0.25, 0.3) is 10.2 Å². The van der Waals surface area contributed by atoms with E-state index in [0.29, 0.717) is 27.3 Å². The number of halogens is 2. The molecule has 4 rings (SSSR count). The van der Waals surface area contributed by atoms with Crippen molar-refractivity contribution in [2.24, 2.45) is 0 Å². The van der Waals surface area contributed by atoms with Crippen molar-refractivity contribution in [3.05, 3.63) is 87.9 Å². The summed E-state index contributed by atoms with van der Waals surface area (Å²) in [5.74, 6) is -0.209. The predicted molar refractivity (Wildman–Crippen MR) is 125 cm³/mol. The van der Waals surface area contributed by atoms with Crippen LogP contribution in [-0.4, -0.2) is 17.1 Å². The van der Waals surface area contributed by atoms with Crippen LogP contribution < -0.4 is 4.90 Å². The van der Waals surface area contributed by atoms with E-state index in [9.17, 15) is 4.79 Å². The van der Waals surface area contributed by atoms with Gasteiger partial charge in [0.05, 0.1) is 27.3 Å². The van der Waals surface area contributed by atoms with E-state index in [-0.39, 0.29) is 5.91 Å². The number of aromatic nitrogens is 1. The van der Waals surface area contributed by atoms with Gasteiger partial charge in [0.25, 0.3) is 5.91 Å². The average molecular weight is 459 g/mol. The molecule has 0 radical (unpaired) electrons. The van der Waals surface area contributed by atoms with Crippen LogP contribution in [0.4, 0.5) is 5.13 Å². The van der Waals surface area contributed by atoms with Crippen LogP contribution in [0, 0.1) is 0 Å². The molecular weight excluding hydrogens is 443 g/mol. The number of thiazole rings is 1. The van der Waals surface area contributed by atoms with E-state index in [1.54, 1.807) is 34.9 Å². The third-order valence-corrected chi connectivity index (χ3v) is 6.72. The third-order valence-electron chi connectivity index (χ3n) is 4.41. The number of carbonyl (C=O) groups excluding carboxylic acids is 1. The molecule has 0 unspecified atom stereocenters. The summed E-state index contributed by atoms with van der Waals surface area (Å²) in [5.41, 5.74) is 2.28. The van der Waals surface area contributed by atoms with E-state index in [1.807, 2.05) is 48.7 Å². The van der Waals surface area contributed by atoms with Crippen molar-refractivity contribution in [1.82, 2.24) is 4.98 Å². The highest BCUT2D eigenvalue weighted by atomic mass is 35.5. The minimum absolute atomic E-state index is 0.209. The minimum Gasteiger partial charge on any atom is -0.279 e. The number of benzene rings is 3. The lowest BCUT2D eigenvalue weighted by molar-refractivity contribution is 0.0985. The number of nitrogens with zero attached hydrogens (tertiary/aromatic N) is 2. The maximum atomic E-state index is 13.4. The maximum absolute atomic E-state index is 13.4. The molecule has 29 heavy (non-hydrogen) atoms. The summed E-state index contributed by atoms with van der Waals surface area (Å²) < 4.78 is 1.04. The largest absolute Gasteiger partial charge is 0.279 e. The summed E-state index contributed by atoms with van der Waals surface area (Å²) in [6.07, 6.45) is 2.04. The highest BCUT2D eigenvalue weighted by molar-refractivity contribution is 7.98. The second kappa shape index (κ2) is 8.76. The molecule has 0 fully saturated rings. The molecule has 4 aromatic rings. The van der Waals surface area contributed by atoms with Gasteiger partial charge in [0.1, 0.15) is 0 Å². The monoisotopic (exact) mass is 458 g/mol. The van der Waals surface area contributed by atoms with Gasteiger partial charge in [-0.15, -0.1) is 11.8 Å². The summed E-state index contributed by atoms with van der Waals surface area (Å²) >= 11 is 15.5. The Morgan fingerprint density at radius 1 is 1.07 bits per heavy atom. The lowest BCUT2D eigenvalue weighted by atomic mass is 10.1. The standard InChI is InChI=1S/C22H16Cl2N2OS2/c1-28-16-8-10-19-20(12-16)29-22(25-19)26(13-14-5-3-2-4-6-14)21(27)17-9-7-15(23)11-18(17)24/h2-12H,13H2,1H3. The Morgan fingerprint density at radius 2 is 1.86 bits per heavy atom. The zero-order valence-corrected chi connectivity index (χ0v) is 18.6. The fourth-order valence-corrected chi connectivity index (χ4v) is 4.94. The number of carbonyl (C=O) groups is 1. The first-order valence-corrected chi connectivity index (χ1v) is 11.6. The highest BCUT2D eigenvalue weighted by Gasteiger charge is 2.23. The highest BCUT2D eigenvalue weighted by Crippen LogP contribution is 2.34. The molecular formula is C22H16Cl2N2OS2. The molecule has 0 saturated heterocycles. The van der Waals surface area contributed by atoms with Crippen LogP contribution in [0.1, 0.15) is 15.9 Å². The number of hydrogen-bond donors (Lipinski definition) is 0. The SMILES string of the molecule is CSc1ccc2nc(N(Cc3ccccc3)C(=O)c3ccc(Cl)cc3Cl)sc2c1. The predicted octanol–water partition coefficient (Wildman–Crippen LogP) is 7.17. The van der Waals surface area contributed by atoms with Crippen LogP contribution in [0.15, 0.2) is 71.6 Å². The van der Waals surface area contributed by atoms with Gasteiger partial charge in [0.2, 0.25) is 0 Å². The number of anilines is 1. The molecule has 3 aromatic carbocycles. The summed E-state index contributed by atoms with van der Waals surface area (Å²) in [6.45, 7) is 0.397. The van der Waals surface area contributed by atoms with Gasteiger partial charge >= 0.3 is 0 Å². The van der Waals surface area contributed by atoms with Crippen LogP contribution >= 0.6 is 46.3 Å². The van der Waals surface area contributed by atoms with Gasteiger partial charge in [-0.05, 0) is 48.2 Å². The number of hydrogen-bond acceptors (Lipinski definition) is 4. The summed E-state index contributed by atoms with van der Waals surface area (Å²) in [6, 6.07) is 20.9. The zero-order valence-electron chi connectivity index (χ0n) is 15.4. The van der Waals surface area contributed by atoms with Gasteiger partial charge in [-0.1, -0.05) is 64.9 Å². The molecule has 0 spiro atoms. The van der Waals surface area contributed by atoms with E-state index >= 15 is 0 Å². The maximum Gasteiger partial charge on any atom is 0.261 e. The molecule has 0 bridgehead atoms. The van der Waals surface area contributed by atoms with E-state index in [2.05, 4.69) is 6.07 Å². The van der Waals surface area contributed by atoms with Crippen LogP contribution in [0.5, 0.6) is 0 Å². The van der Waals surface area contributed by atoms with E-state index < -0.39 is 0 Å². The third kappa shape index (κ3) is 4.43. The average Bonchev–Trinajstić information content (AvgIpc) is 3.15. The molecule has 3 nitrogen and oxygen atoms in total. The molecule has 146 valence electrons.